The Labute approximate surface area is 269 Å². The molecular formula is C32H47N5O9. The van der Waals surface area contributed by atoms with Gasteiger partial charge < -0.3 is 31.6 Å². The van der Waals surface area contributed by atoms with Crippen molar-refractivity contribution in [1.29, 1.82) is 0 Å². The maximum Gasteiger partial charge on any atom is 0.220 e. The summed E-state index contributed by atoms with van der Waals surface area (Å²) in [6, 6.07) is 5.89. The van der Waals surface area contributed by atoms with E-state index in [9.17, 15) is 33.6 Å². The van der Waals surface area contributed by atoms with Crippen LogP contribution in [0.1, 0.15) is 77.3 Å². The summed E-state index contributed by atoms with van der Waals surface area (Å²) in [5, 5.41) is 20.3. The molecule has 0 radical (unpaired) electrons. The third-order valence-electron chi connectivity index (χ3n) is 6.80. The van der Waals surface area contributed by atoms with E-state index in [1.807, 2.05) is 38.1 Å². The SMILES string of the molecule is CC(=O)N[C@@H](CO)C(=O)CCC(=O)NCC(=O)CCC(=O)NCC(=O)CCCO/N=C(\C)c1ccc(C[C@H](N)C(=O)C(C)C)cc1. The van der Waals surface area contributed by atoms with E-state index >= 15 is 0 Å². The zero-order valence-corrected chi connectivity index (χ0v) is 27.1. The lowest BCUT2D eigenvalue weighted by molar-refractivity contribution is -0.130. The van der Waals surface area contributed by atoms with E-state index in [1.165, 1.54) is 6.92 Å². The summed E-state index contributed by atoms with van der Waals surface area (Å²) in [7, 11) is 0. The van der Waals surface area contributed by atoms with Crippen molar-refractivity contribution in [2.24, 2.45) is 16.8 Å². The number of nitrogens with zero attached hydrogens (tertiary/aromatic N) is 1. The van der Waals surface area contributed by atoms with Gasteiger partial charge in [-0.2, -0.15) is 0 Å². The Hall–Kier alpha value is -4.30. The van der Waals surface area contributed by atoms with Gasteiger partial charge in [-0.25, -0.2) is 0 Å². The normalized spacial score (nSPS) is 12.5. The van der Waals surface area contributed by atoms with Gasteiger partial charge in [-0.15, -0.1) is 0 Å². The molecule has 0 fully saturated rings. The Kier molecular flexibility index (Phi) is 18.5. The number of nitrogens with one attached hydrogen (secondary N) is 3. The molecule has 1 aromatic rings. The van der Waals surface area contributed by atoms with E-state index in [1.54, 1.807) is 6.92 Å². The van der Waals surface area contributed by atoms with Crippen molar-refractivity contribution in [3.63, 3.8) is 0 Å². The highest BCUT2D eigenvalue weighted by Crippen LogP contribution is 2.10. The Morgan fingerprint density at radius 3 is 1.96 bits per heavy atom. The van der Waals surface area contributed by atoms with E-state index in [2.05, 4.69) is 21.1 Å². The second kappa shape index (κ2) is 21.4. The number of Topliss-reactive ketones (excluding diaryl/α,β-unsaturated/α-hetero) is 4. The topological polar surface area (TPSA) is 223 Å². The Morgan fingerprint density at radius 1 is 0.848 bits per heavy atom. The lowest BCUT2D eigenvalue weighted by atomic mass is 9.96. The molecule has 1 aromatic carbocycles. The number of amides is 3. The number of carbonyl (C=O) groups excluding carboxylic acids is 7. The second-order valence-corrected chi connectivity index (χ2v) is 11.2. The lowest BCUT2D eigenvalue weighted by Gasteiger charge is -2.13. The summed E-state index contributed by atoms with van der Waals surface area (Å²) in [5.41, 5.74) is 8.43. The molecule has 0 unspecified atom stereocenters. The van der Waals surface area contributed by atoms with Crippen LogP contribution in [-0.2, 0) is 44.8 Å². The Morgan fingerprint density at radius 2 is 1.41 bits per heavy atom. The number of aliphatic hydroxyl groups excluding tert-OH is 1. The van der Waals surface area contributed by atoms with Crippen LogP contribution in [0, 0.1) is 5.92 Å². The summed E-state index contributed by atoms with van der Waals surface area (Å²) < 4.78 is 0. The molecule has 6 N–H and O–H groups in total. The average molecular weight is 646 g/mol. The molecule has 0 aliphatic carbocycles. The largest absolute Gasteiger partial charge is 0.396 e. The zero-order chi connectivity index (χ0) is 34.6. The molecule has 0 aliphatic rings. The van der Waals surface area contributed by atoms with E-state index in [0.29, 0.717) is 18.6 Å². The number of hydrogen-bond acceptors (Lipinski definition) is 11. The number of ketones is 4. The third kappa shape index (κ3) is 16.7. The van der Waals surface area contributed by atoms with Gasteiger partial charge in [0.2, 0.25) is 17.7 Å². The van der Waals surface area contributed by atoms with Crippen molar-refractivity contribution in [2.75, 3.05) is 26.3 Å². The zero-order valence-electron chi connectivity index (χ0n) is 27.1. The number of benzene rings is 1. The molecule has 46 heavy (non-hydrogen) atoms. The van der Waals surface area contributed by atoms with Crippen molar-refractivity contribution in [3.8, 4) is 0 Å². The summed E-state index contributed by atoms with van der Waals surface area (Å²) in [6.07, 6.45) is 0.259. The van der Waals surface area contributed by atoms with Gasteiger partial charge in [0.1, 0.15) is 12.6 Å². The van der Waals surface area contributed by atoms with Crippen LogP contribution in [0.5, 0.6) is 0 Å². The number of oxime groups is 1. The highest BCUT2D eigenvalue weighted by Gasteiger charge is 2.20. The lowest BCUT2D eigenvalue weighted by Crippen LogP contribution is -2.42. The standard InChI is InChI=1S/C32H47N5O9/c1-20(2)32(45)27(33)16-23-7-9-24(10-8-23)21(3)37-46-15-5-6-25(40)17-34-30(43)13-11-26(41)18-35-31(44)14-12-29(42)28(19-38)36-22(4)39/h7-10,20,27-28,38H,5-6,11-19,33H2,1-4H3,(H,34,43)(H,35,44)(H,36,39)/b37-21+/t27-,28-/m0/s1. The van der Waals surface area contributed by atoms with Crippen LogP contribution < -0.4 is 21.7 Å². The van der Waals surface area contributed by atoms with Gasteiger partial charge in [-0.1, -0.05) is 43.3 Å². The van der Waals surface area contributed by atoms with Crippen molar-refractivity contribution >= 4 is 46.6 Å². The summed E-state index contributed by atoms with van der Waals surface area (Å²) >= 11 is 0. The average Bonchev–Trinajstić information content (AvgIpc) is 3.02. The molecule has 0 aliphatic heterocycles. The maximum absolute atomic E-state index is 12.1. The molecule has 0 heterocycles. The predicted molar refractivity (Wildman–Crippen MR) is 170 cm³/mol. The van der Waals surface area contributed by atoms with Crippen LogP contribution >= 0.6 is 0 Å². The van der Waals surface area contributed by atoms with Gasteiger partial charge in [0.25, 0.3) is 0 Å². The fourth-order valence-corrected chi connectivity index (χ4v) is 4.08. The number of aliphatic hydroxyl groups is 1. The van der Waals surface area contributed by atoms with Gasteiger partial charge in [0, 0.05) is 44.9 Å². The summed E-state index contributed by atoms with van der Waals surface area (Å²) in [4.78, 5) is 88.3. The van der Waals surface area contributed by atoms with Gasteiger partial charge >= 0.3 is 0 Å². The molecule has 1 rings (SSSR count). The molecule has 0 saturated carbocycles. The minimum absolute atomic E-state index is 0.0216. The molecule has 254 valence electrons. The third-order valence-corrected chi connectivity index (χ3v) is 6.80. The first kappa shape index (κ1) is 39.7. The van der Waals surface area contributed by atoms with E-state index in [4.69, 9.17) is 15.7 Å². The number of nitrogens with two attached hydrogens (primary N) is 1. The summed E-state index contributed by atoms with van der Waals surface area (Å²) in [6.45, 7) is 5.74. The molecule has 0 bridgehead atoms. The first-order chi connectivity index (χ1) is 21.7. The Balaban J connectivity index is 2.22. The highest BCUT2D eigenvalue weighted by atomic mass is 16.6. The van der Waals surface area contributed by atoms with Crippen LogP contribution in [0.15, 0.2) is 29.4 Å². The summed E-state index contributed by atoms with van der Waals surface area (Å²) in [5.74, 6) is -2.76. The molecule has 0 aromatic heterocycles. The Bertz CT molecular complexity index is 1240. The van der Waals surface area contributed by atoms with Gasteiger partial charge in [0.15, 0.2) is 23.1 Å². The quantitative estimate of drug-likeness (QED) is 0.0622. The minimum atomic E-state index is -1.09. The minimum Gasteiger partial charge on any atom is -0.396 e. The van der Waals surface area contributed by atoms with Crippen molar-refractivity contribution in [3.05, 3.63) is 35.4 Å². The molecule has 0 spiro atoms. The van der Waals surface area contributed by atoms with E-state index in [-0.39, 0.29) is 69.3 Å². The molecule has 14 nitrogen and oxygen atoms in total. The molecule has 0 saturated heterocycles. The smallest absolute Gasteiger partial charge is 0.220 e. The number of carbonyl (C=O) groups is 7. The number of hydrogen-bond donors (Lipinski definition) is 5. The van der Waals surface area contributed by atoms with Crippen LogP contribution in [0.4, 0.5) is 0 Å². The predicted octanol–water partition coefficient (Wildman–Crippen LogP) is 0.299. The van der Waals surface area contributed by atoms with Crippen LogP contribution in [0.25, 0.3) is 0 Å². The second-order valence-electron chi connectivity index (χ2n) is 11.2. The van der Waals surface area contributed by atoms with Crippen LogP contribution in [-0.4, -0.2) is 90.1 Å². The molecule has 2 atom stereocenters. The van der Waals surface area contributed by atoms with Gasteiger partial charge in [-0.3, -0.25) is 33.6 Å². The number of rotatable bonds is 23. The fourth-order valence-electron chi connectivity index (χ4n) is 4.08. The van der Waals surface area contributed by atoms with Crippen molar-refractivity contribution < 1.29 is 43.5 Å². The van der Waals surface area contributed by atoms with Gasteiger partial charge in [0.05, 0.1) is 31.4 Å². The van der Waals surface area contributed by atoms with Gasteiger partial charge in [-0.05, 0) is 30.9 Å². The monoisotopic (exact) mass is 645 g/mol. The van der Waals surface area contributed by atoms with Crippen LogP contribution in [0.2, 0.25) is 0 Å². The molecule has 14 heteroatoms. The van der Waals surface area contributed by atoms with Crippen LogP contribution in [0.3, 0.4) is 0 Å². The highest BCUT2D eigenvalue weighted by molar-refractivity contribution is 5.98. The first-order valence-electron chi connectivity index (χ1n) is 15.3. The molecule has 3 amide bonds. The van der Waals surface area contributed by atoms with Crippen molar-refractivity contribution in [2.45, 2.75) is 84.7 Å². The maximum atomic E-state index is 12.1. The van der Waals surface area contributed by atoms with Crippen molar-refractivity contribution in [1.82, 2.24) is 16.0 Å². The van der Waals surface area contributed by atoms with E-state index < -0.39 is 48.0 Å². The molecular weight excluding hydrogens is 598 g/mol. The first-order valence-corrected chi connectivity index (χ1v) is 15.3. The van der Waals surface area contributed by atoms with E-state index in [0.717, 1.165) is 11.1 Å². The fraction of sp³-hybridized carbons (Fsp3) is 0.562.